The second-order valence-electron chi connectivity index (χ2n) is 12.9. The molecular weight excluding hydrogens is 653 g/mol. The Hall–Kier alpha value is -2.03. The minimum atomic E-state index is -4.42. The molecule has 10 heteroatoms. The lowest BCUT2D eigenvalue weighted by Gasteiger charge is -2.15. The molecule has 2 unspecified atom stereocenters. The van der Waals surface area contributed by atoms with Gasteiger partial charge in [0.05, 0.1) is 13.2 Å². The van der Waals surface area contributed by atoms with E-state index in [1.807, 2.05) is 0 Å². The lowest BCUT2D eigenvalue weighted by molar-refractivity contribution is -0.147. The first-order valence-electron chi connectivity index (χ1n) is 19.6. The third-order valence-corrected chi connectivity index (χ3v) is 8.95. The molecule has 0 aliphatic rings. The van der Waals surface area contributed by atoms with Crippen molar-refractivity contribution in [2.45, 2.75) is 168 Å². The van der Waals surface area contributed by atoms with Gasteiger partial charge < -0.3 is 20.1 Å². The molecule has 0 radical (unpaired) electrons. The van der Waals surface area contributed by atoms with E-state index in [2.05, 4.69) is 67.8 Å². The molecule has 0 rings (SSSR count). The number of carbonyl (C=O) groups excluding carboxylic acids is 2. The molecule has 0 aliphatic heterocycles. The summed E-state index contributed by atoms with van der Waals surface area (Å²) >= 11 is 0. The van der Waals surface area contributed by atoms with E-state index in [-0.39, 0.29) is 32.1 Å². The number of amides is 1. The van der Waals surface area contributed by atoms with Crippen LogP contribution in [0, 0.1) is 0 Å². The maximum atomic E-state index is 12.1. The third kappa shape index (κ3) is 37.2. The predicted octanol–water partition coefficient (Wildman–Crippen LogP) is 10.4. The summed E-state index contributed by atoms with van der Waals surface area (Å²) in [5.41, 5.74) is 0. The van der Waals surface area contributed by atoms with Gasteiger partial charge in [-0.25, -0.2) is 4.57 Å². The number of ether oxygens (including phenoxy) is 1. The van der Waals surface area contributed by atoms with Crippen LogP contribution in [0.25, 0.3) is 0 Å². The number of aliphatic hydroxyl groups is 1. The minimum Gasteiger partial charge on any atom is -0.463 e. The van der Waals surface area contributed by atoms with Gasteiger partial charge in [-0.3, -0.25) is 18.6 Å². The molecule has 0 aliphatic carbocycles. The average molecular weight is 726 g/mol. The van der Waals surface area contributed by atoms with Gasteiger partial charge in [0.1, 0.15) is 12.7 Å². The zero-order valence-corrected chi connectivity index (χ0v) is 32.5. The molecule has 0 fully saturated rings. The summed E-state index contributed by atoms with van der Waals surface area (Å²) in [7, 11) is -4.42. The molecule has 0 aromatic heterocycles. The standard InChI is InChI=1S/C40H72NO8P/c1-3-5-7-9-11-13-15-17-18-19-21-22-24-26-28-30-32-39(43)41-34-35-48-50(45,46)49-37-38(42)36-47-40(44)33-31-29-27-25-23-20-16-14-12-10-8-6-4-2/h8,10,13-16,18-19,38,42H,3-7,9,11-12,17,20-37H2,1-2H3,(H,41,43)(H,45,46)/b10-8-,15-13-,16-14-,19-18-. The Morgan fingerprint density at radius 2 is 1.12 bits per heavy atom. The molecule has 0 saturated carbocycles. The van der Waals surface area contributed by atoms with Gasteiger partial charge in [-0.05, 0) is 70.6 Å². The van der Waals surface area contributed by atoms with Gasteiger partial charge >= 0.3 is 13.8 Å². The first-order valence-corrected chi connectivity index (χ1v) is 21.1. The number of phosphoric ester groups is 1. The van der Waals surface area contributed by atoms with Crippen LogP contribution in [-0.2, 0) is 27.9 Å². The topological polar surface area (TPSA) is 131 Å². The zero-order chi connectivity index (χ0) is 36.8. The highest BCUT2D eigenvalue weighted by molar-refractivity contribution is 7.47. The quantitative estimate of drug-likeness (QED) is 0.0252. The maximum absolute atomic E-state index is 12.1. The van der Waals surface area contributed by atoms with Gasteiger partial charge in [0, 0.05) is 19.4 Å². The van der Waals surface area contributed by atoms with Crippen molar-refractivity contribution in [2.75, 3.05) is 26.4 Å². The molecule has 0 aromatic carbocycles. The largest absolute Gasteiger partial charge is 0.472 e. The molecule has 290 valence electrons. The van der Waals surface area contributed by atoms with E-state index in [4.69, 9.17) is 13.8 Å². The third-order valence-electron chi connectivity index (χ3n) is 7.96. The average Bonchev–Trinajstić information content (AvgIpc) is 3.10. The number of esters is 1. The van der Waals surface area contributed by atoms with E-state index >= 15 is 0 Å². The Morgan fingerprint density at radius 1 is 0.620 bits per heavy atom. The van der Waals surface area contributed by atoms with E-state index in [1.165, 1.54) is 38.5 Å². The SMILES string of the molecule is CCC/C=C\C/C=C\CCCCCCCC(=O)OCC(O)COP(=O)(O)OCCNC(=O)CCCCCCC/C=C\C/C=C\CCCCCC. The predicted molar refractivity (Wildman–Crippen MR) is 206 cm³/mol. The van der Waals surface area contributed by atoms with E-state index in [1.54, 1.807) is 0 Å². The van der Waals surface area contributed by atoms with E-state index < -0.39 is 26.5 Å². The second-order valence-corrected chi connectivity index (χ2v) is 14.3. The van der Waals surface area contributed by atoms with Crippen molar-refractivity contribution < 1.29 is 37.9 Å². The summed E-state index contributed by atoms with van der Waals surface area (Å²) in [6.45, 7) is 3.42. The van der Waals surface area contributed by atoms with Gasteiger partial charge in [-0.2, -0.15) is 0 Å². The Morgan fingerprint density at radius 3 is 1.68 bits per heavy atom. The van der Waals surface area contributed by atoms with Crippen LogP contribution >= 0.6 is 7.82 Å². The van der Waals surface area contributed by atoms with Crippen molar-refractivity contribution in [1.29, 1.82) is 0 Å². The molecule has 3 N–H and O–H groups in total. The van der Waals surface area contributed by atoms with Crippen LogP contribution in [0.3, 0.4) is 0 Å². The van der Waals surface area contributed by atoms with Crippen LogP contribution < -0.4 is 5.32 Å². The number of hydrogen-bond donors (Lipinski definition) is 3. The number of rotatable bonds is 36. The van der Waals surface area contributed by atoms with Gasteiger partial charge in [0.15, 0.2) is 0 Å². The Balaban J connectivity index is 3.67. The molecule has 0 spiro atoms. The van der Waals surface area contributed by atoms with Crippen LogP contribution in [0.1, 0.15) is 162 Å². The highest BCUT2D eigenvalue weighted by atomic mass is 31.2. The number of phosphoric acid groups is 1. The molecule has 2 atom stereocenters. The van der Waals surface area contributed by atoms with E-state index in [0.717, 1.165) is 96.3 Å². The molecule has 0 saturated heterocycles. The number of nitrogens with one attached hydrogen (secondary N) is 1. The smallest absolute Gasteiger partial charge is 0.463 e. The van der Waals surface area contributed by atoms with Crippen molar-refractivity contribution in [3.05, 3.63) is 48.6 Å². The molecule has 0 aromatic rings. The van der Waals surface area contributed by atoms with Gasteiger partial charge in [-0.1, -0.05) is 127 Å². The van der Waals surface area contributed by atoms with E-state index in [9.17, 15) is 24.2 Å². The Kier molecular flexibility index (Phi) is 35.3. The highest BCUT2D eigenvalue weighted by Gasteiger charge is 2.23. The zero-order valence-electron chi connectivity index (χ0n) is 31.6. The molecule has 1 amide bonds. The number of unbranched alkanes of at least 4 members (excludes halogenated alkanes) is 15. The second kappa shape index (κ2) is 36.8. The molecule has 0 heterocycles. The summed E-state index contributed by atoms with van der Waals surface area (Å²) in [4.78, 5) is 33.8. The van der Waals surface area contributed by atoms with Crippen LogP contribution in [-0.4, -0.2) is 54.3 Å². The number of carbonyl (C=O) groups is 2. The minimum absolute atomic E-state index is 0.0708. The van der Waals surface area contributed by atoms with Crippen LogP contribution in [0.15, 0.2) is 48.6 Å². The lowest BCUT2D eigenvalue weighted by atomic mass is 10.1. The maximum Gasteiger partial charge on any atom is 0.472 e. The van der Waals surface area contributed by atoms with Crippen molar-refractivity contribution >= 4 is 19.7 Å². The fourth-order valence-electron chi connectivity index (χ4n) is 4.98. The summed E-state index contributed by atoms with van der Waals surface area (Å²) in [5, 5.41) is 12.6. The number of aliphatic hydroxyl groups excluding tert-OH is 1. The van der Waals surface area contributed by atoms with E-state index in [0.29, 0.717) is 6.42 Å². The van der Waals surface area contributed by atoms with Crippen molar-refractivity contribution in [3.63, 3.8) is 0 Å². The monoisotopic (exact) mass is 725 g/mol. The first-order chi connectivity index (χ1) is 24.3. The summed E-state index contributed by atoms with van der Waals surface area (Å²) < 4.78 is 26.8. The fraction of sp³-hybridized carbons (Fsp3) is 0.750. The first kappa shape index (κ1) is 48.0. The van der Waals surface area contributed by atoms with Crippen LogP contribution in [0.5, 0.6) is 0 Å². The molecule has 50 heavy (non-hydrogen) atoms. The molecule has 9 nitrogen and oxygen atoms in total. The summed E-state index contributed by atoms with van der Waals surface area (Å²) in [5.74, 6) is -0.549. The number of hydrogen-bond acceptors (Lipinski definition) is 7. The van der Waals surface area contributed by atoms with Crippen molar-refractivity contribution in [3.8, 4) is 0 Å². The van der Waals surface area contributed by atoms with Gasteiger partial charge in [-0.15, -0.1) is 0 Å². The normalized spacial score (nSPS) is 13.9. The Bertz CT molecular complexity index is 965. The van der Waals surface area contributed by atoms with Crippen LogP contribution in [0.4, 0.5) is 0 Å². The molecular formula is C40H72NO8P. The molecule has 0 bridgehead atoms. The van der Waals surface area contributed by atoms with Crippen molar-refractivity contribution in [2.24, 2.45) is 0 Å². The van der Waals surface area contributed by atoms with Gasteiger partial charge in [0.2, 0.25) is 5.91 Å². The lowest BCUT2D eigenvalue weighted by Crippen LogP contribution is -2.27. The summed E-state index contributed by atoms with van der Waals surface area (Å²) in [6.07, 6.45) is 40.4. The Labute approximate surface area is 305 Å². The van der Waals surface area contributed by atoms with Crippen molar-refractivity contribution in [1.82, 2.24) is 5.32 Å². The fourth-order valence-corrected chi connectivity index (χ4v) is 5.73. The highest BCUT2D eigenvalue weighted by Crippen LogP contribution is 2.42. The van der Waals surface area contributed by atoms with Crippen LogP contribution in [0.2, 0.25) is 0 Å². The number of allylic oxidation sites excluding steroid dienone is 8. The van der Waals surface area contributed by atoms with Gasteiger partial charge in [0.25, 0.3) is 0 Å². The summed E-state index contributed by atoms with van der Waals surface area (Å²) in [6, 6.07) is 0.